The summed E-state index contributed by atoms with van der Waals surface area (Å²) in [6.07, 6.45) is 5.83. The number of aromatic nitrogens is 4. The van der Waals surface area contributed by atoms with Gasteiger partial charge >= 0.3 is 5.97 Å². The smallest absolute Gasteiger partial charge is 0.345 e. The third-order valence-electron chi connectivity index (χ3n) is 15.0. The summed E-state index contributed by atoms with van der Waals surface area (Å²) >= 11 is 16.1. The summed E-state index contributed by atoms with van der Waals surface area (Å²) in [5.74, 6) is 0.253. The van der Waals surface area contributed by atoms with Crippen LogP contribution in [-0.2, 0) is 51.7 Å². The first-order valence-electron chi connectivity index (χ1n) is 28.0. The number of carboxylic acids is 1. The molecule has 3 aromatic heterocycles. The van der Waals surface area contributed by atoms with E-state index in [0.29, 0.717) is 167 Å². The highest BCUT2D eigenvalue weighted by molar-refractivity contribution is 7.22. The highest BCUT2D eigenvalue weighted by atomic mass is 35.5. The molecule has 1 N–H and O–H groups in total. The van der Waals surface area contributed by atoms with Crippen LogP contribution in [0.2, 0.25) is 10.0 Å². The maximum Gasteiger partial charge on any atom is 0.345 e. The van der Waals surface area contributed by atoms with Gasteiger partial charge in [-0.2, -0.15) is 0 Å². The fourth-order valence-corrected chi connectivity index (χ4v) is 12.2. The molecule has 18 nitrogen and oxygen atoms in total. The van der Waals surface area contributed by atoms with Crippen molar-refractivity contribution < 1.29 is 61.7 Å². The molecule has 6 heterocycles. The second-order valence-electron chi connectivity index (χ2n) is 20.8. The van der Waals surface area contributed by atoms with Gasteiger partial charge in [0.2, 0.25) is 12.0 Å². The molecule has 2 fully saturated rings. The van der Waals surface area contributed by atoms with Gasteiger partial charge in [0.1, 0.15) is 53.6 Å². The summed E-state index contributed by atoms with van der Waals surface area (Å²) in [6, 6.07) is 13.3. The minimum Gasteiger partial charge on any atom is -0.490 e. The van der Waals surface area contributed by atoms with Crippen molar-refractivity contribution in [3.05, 3.63) is 105 Å². The number of methoxy groups -OCH3 is 1. The minimum atomic E-state index is -1.48. The Morgan fingerprint density at radius 1 is 0.805 bits per heavy atom. The number of carbonyl (C=O) groups is 1. The number of thiophene rings is 1. The second kappa shape index (κ2) is 29.9. The van der Waals surface area contributed by atoms with Crippen LogP contribution in [0.5, 0.6) is 23.1 Å². The van der Waals surface area contributed by atoms with Crippen LogP contribution >= 0.6 is 34.5 Å². The van der Waals surface area contributed by atoms with Crippen LogP contribution in [0.4, 0.5) is 4.39 Å². The van der Waals surface area contributed by atoms with Gasteiger partial charge in [0.25, 0.3) is 0 Å². The van der Waals surface area contributed by atoms with Crippen LogP contribution in [0.1, 0.15) is 60.3 Å². The molecule has 0 radical (unpaired) electrons. The number of ether oxygens (including phenoxy) is 10. The van der Waals surface area contributed by atoms with E-state index in [9.17, 15) is 14.3 Å². The summed E-state index contributed by atoms with van der Waals surface area (Å²) in [6.45, 7) is 13.1. The Bertz CT molecular complexity index is 3030. The van der Waals surface area contributed by atoms with Gasteiger partial charge in [0, 0.05) is 68.5 Å². The monoisotopic (exact) mass is 1190 g/mol. The van der Waals surface area contributed by atoms with E-state index < -0.39 is 24.0 Å². The lowest BCUT2D eigenvalue weighted by Gasteiger charge is -2.35. The molecule has 10 rings (SSSR count). The number of fused-ring (bicyclic) bond motifs is 7. The maximum atomic E-state index is 14.5. The second-order valence-corrected chi connectivity index (χ2v) is 22.6. The molecule has 0 spiro atoms. The lowest BCUT2D eigenvalue weighted by Crippen LogP contribution is -2.49. The molecule has 3 aromatic carbocycles. The Morgan fingerprint density at radius 2 is 1.46 bits per heavy atom. The van der Waals surface area contributed by atoms with Gasteiger partial charge < -0.3 is 57.4 Å². The fourth-order valence-electron chi connectivity index (χ4n) is 10.5. The molecule has 442 valence electrons. The van der Waals surface area contributed by atoms with Gasteiger partial charge in [-0.3, -0.25) is 4.90 Å². The predicted octanol–water partition coefficient (Wildman–Crippen LogP) is 9.85. The molecule has 22 heteroatoms. The van der Waals surface area contributed by atoms with Crippen molar-refractivity contribution in [1.82, 2.24) is 29.7 Å². The number of benzene rings is 3. The largest absolute Gasteiger partial charge is 0.490 e. The zero-order valence-electron chi connectivity index (χ0n) is 47.1. The molecule has 6 aromatic rings. The van der Waals surface area contributed by atoms with E-state index in [1.807, 2.05) is 19.9 Å². The summed E-state index contributed by atoms with van der Waals surface area (Å²) < 4.78 is 74.7. The molecule has 82 heavy (non-hydrogen) atoms. The first-order chi connectivity index (χ1) is 39.9. The topological polar surface area (TPSA) is 188 Å². The van der Waals surface area contributed by atoms with Crippen LogP contribution in [0.3, 0.4) is 0 Å². The highest BCUT2D eigenvalue weighted by Crippen LogP contribution is 2.53. The van der Waals surface area contributed by atoms with Crippen LogP contribution in [0, 0.1) is 19.7 Å². The van der Waals surface area contributed by atoms with Crippen LogP contribution in [0.25, 0.3) is 31.8 Å². The molecule has 1 saturated heterocycles. The molecular formula is C60H73Cl2FN6O12S. The van der Waals surface area contributed by atoms with E-state index in [-0.39, 0.29) is 30.9 Å². The molecule has 0 unspecified atom stereocenters. The van der Waals surface area contributed by atoms with E-state index in [0.717, 1.165) is 58.3 Å². The number of hydrogen-bond acceptors (Lipinski definition) is 18. The van der Waals surface area contributed by atoms with Crippen LogP contribution in [-0.4, -0.2) is 179 Å². The van der Waals surface area contributed by atoms with Gasteiger partial charge in [-0.25, -0.2) is 29.1 Å². The van der Waals surface area contributed by atoms with Crippen LogP contribution in [0.15, 0.2) is 61.1 Å². The Morgan fingerprint density at radius 3 is 2.12 bits per heavy atom. The Labute approximate surface area is 492 Å². The molecule has 0 amide bonds. The molecular weight excluding hydrogens is 1120 g/mol. The lowest BCUT2D eigenvalue weighted by molar-refractivity contribution is -0.145. The third-order valence-corrected chi connectivity index (χ3v) is 17.1. The molecule has 4 bridgehead atoms. The number of carboxylic acid groups (broad SMARTS) is 1. The number of piperazine rings is 1. The normalized spacial score (nSPS) is 17.7. The van der Waals surface area contributed by atoms with Gasteiger partial charge in [0.05, 0.1) is 99.2 Å². The molecule has 2 atom stereocenters. The van der Waals surface area contributed by atoms with E-state index in [1.165, 1.54) is 29.8 Å². The van der Waals surface area contributed by atoms with Crippen molar-refractivity contribution in [2.24, 2.45) is 0 Å². The number of halogens is 3. The van der Waals surface area contributed by atoms with E-state index in [2.05, 4.69) is 26.8 Å². The molecule has 3 aliphatic heterocycles. The van der Waals surface area contributed by atoms with Gasteiger partial charge in [0.15, 0.2) is 5.75 Å². The van der Waals surface area contributed by atoms with Crippen molar-refractivity contribution in [3.8, 4) is 44.7 Å². The molecule has 1 saturated carbocycles. The average Bonchev–Trinajstić information content (AvgIpc) is 3.08. The molecule has 1 aliphatic carbocycles. The summed E-state index contributed by atoms with van der Waals surface area (Å²) in [5.41, 5.74) is 4.01. The van der Waals surface area contributed by atoms with Crippen LogP contribution < -0.4 is 18.9 Å². The molecule has 4 aliphatic rings. The Hall–Kier alpha value is -5.36. The number of hydrogen-bond donors (Lipinski definition) is 1. The quantitative estimate of drug-likeness (QED) is 0.0533. The summed E-state index contributed by atoms with van der Waals surface area (Å²) in [7, 11) is 3.75. The first-order valence-corrected chi connectivity index (χ1v) is 29.6. The Kier molecular flexibility index (Phi) is 22.3. The van der Waals surface area contributed by atoms with E-state index in [4.69, 9.17) is 80.5 Å². The van der Waals surface area contributed by atoms with Gasteiger partial charge in [-0.15, -0.1) is 11.3 Å². The third kappa shape index (κ3) is 15.7. The van der Waals surface area contributed by atoms with E-state index in [1.54, 1.807) is 43.6 Å². The zero-order valence-corrected chi connectivity index (χ0v) is 49.4. The van der Waals surface area contributed by atoms with E-state index >= 15 is 0 Å². The van der Waals surface area contributed by atoms with Crippen molar-refractivity contribution in [1.29, 1.82) is 0 Å². The lowest BCUT2D eigenvalue weighted by atomic mass is 9.74. The number of aliphatic carboxylic acids is 1. The fraction of sp³-hybridized carbons (Fsp3) is 0.517. The summed E-state index contributed by atoms with van der Waals surface area (Å²) in [5, 5.41) is 12.1. The van der Waals surface area contributed by atoms with Gasteiger partial charge in [-0.1, -0.05) is 54.6 Å². The van der Waals surface area contributed by atoms with Crippen molar-refractivity contribution >= 4 is 50.7 Å². The van der Waals surface area contributed by atoms with Gasteiger partial charge in [-0.05, 0) is 92.4 Å². The first kappa shape index (κ1) is 61.2. The highest BCUT2D eigenvalue weighted by Gasteiger charge is 2.38. The number of nitrogens with zero attached hydrogens (tertiary/aromatic N) is 6. The Balaban J connectivity index is 0.956. The SMILES string of the molecule is COCCOCCOCCOCCOCCOCC1(c2nccc(COc3ccc4cc3C[C@H](C(=O)O)Oc3ncnc5sc(-c6ccc(F)cc6)c(c35)-c3c(C)c(Cl)c(c(Cl)c3C)O[C@H](CN3CCN(C)CC3)CO4)n2)CCCCC1. The maximum absolute atomic E-state index is 14.5. The number of rotatable bonds is 25. The van der Waals surface area contributed by atoms with Crippen molar-refractivity contribution in [3.63, 3.8) is 0 Å². The average molecular weight is 1190 g/mol. The standard InChI is InChI=1S/C60H73Cl2FN6O12S/c1-39-49-40(2)53(62)54(52(39)61)80-46(34-69-20-18-68(3)19-21-69)36-78-45-12-13-47(42(32-45)33-48(58(70)71)81-56-51-50(49)55(82-57(51)66-38-65-56)41-8-10-43(63)11-9-41)79-35-44-14-17-64-59(67-44)60(15-6-5-7-16-60)37-77-31-30-76-29-28-75-27-26-74-25-24-73-23-22-72-4/h8-14,17,32,38,46,48H,5-7,15-16,18-31,33-37H2,1-4H3,(H,70,71)/t46-,48-/m1/s1. The van der Waals surface area contributed by atoms with Crippen molar-refractivity contribution in [2.45, 2.75) is 76.6 Å². The zero-order chi connectivity index (χ0) is 57.4. The van der Waals surface area contributed by atoms with Crippen molar-refractivity contribution in [2.75, 3.05) is 126 Å². The summed E-state index contributed by atoms with van der Waals surface area (Å²) in [4.78, 5) is 38.5. The minimum absolute atomic E-state index is 0.0239. The predicted molar refractivity (Wildman–Crippen MR) is 311 cm³/mol. The number of likely N-dealkylation sites (N-methyl/N-ethyl adjacent to an activating group) is 1.